The molecule has 1 aromatic rings. The van der Waals surface area contributed by atoms with Gasteiger partial charge in [0.15, 0.2) is 0 Å². The average molecular weight is 347 g/mol. The summed E-state index contributed by atoms with van der Waals surface area (Å²) >= 11 is 0. The predicted molar refractivity (Wildman–Crippen MR) is 97.6 cm³/mol. The summed E-state index contributed by atoms with van der Waals surface area (Å²) in [5.74, 6) is -1.09. The Bertz CT molecular complexity index is 566. The minimum absolute atomic E-state index is 0.0406. The highest BCUT2D eigenvalue weighted by Gasteiger charge is 2.17. The van der Waals surface area contributed by atoms with Crippen LogP contribution in [0.2, 0.25) is 0 Å². The van der Waals surface area contributed by atoms with Crippen molar-refractivity contribution in [2.45, 2.75) is 38.8 Å². The number of likely N-dealkylation sites (N-methyl/N-ethyl adjacent to an activating group) is 1. The Hall–Kier alpha value is -1.92. The molecule has 0 radical (unpaired) electrons. The molecule has 1 aliphatic heterocycles. The number of carbonyl (C=O) groups excluding carboxylic acids is 1. The summed E-state index contributed by atoms with van der Waals surface area (Å²) < 4.78 is 0. The van der Waals surface area contributed by atoms with Crippen LogP contribution in [0.15, 0.2) is 24.3 Å². The number of piperazine rings is 1. The van der Waals surface area contributed by atoms with Crippen molar-refractivity contribution in [2.24, 2.45) is 0 Å². The zero-order valence-corrected chi connectivity index (χ0v) is 15.2. The highest BCUT2D eigenvalue weighted by Crippen LogP contribution is 2.11. The van der Waals surface area contributed by atoms with Crippen LogP contribution in [0.3, 0.4) is 0 Å². The van der Waals surface area contributed by atoms with Crippen LogP contribution in [0.4, 0.5) is 0 Å². The molecule has 0 bridgehead atoms. The molecule has 1 aromatic carbocycles. The third-order valence-corrected chi connectivity index (χ3v) is 4.61. The molecule has 1 amide bonds. The first-order chi connectivity index (χ1) is 12.0. The first kappa shape index (κ1) is 19.4. The van der Waals surface area contributed by atoms with Gasteiger partial charge < -0.3 is 15.3 Å². The summed E-state index contributed by atoms with van der Waals surface area (Å²) in [5.41, 5.74) is 1.77. The summed E-state index contributed by atoms with van der Waals surface area (Å²) in [5, 5.41) is 11.8. The van der Waals surface area contributed by atoms with Crippen molar-refractivity contribution < 1.29 is 14.7 Å². The Kier molecular flexibility index (Phi) is 7.40. The Morgan fingerprint density at radius 3 is 2.36 bits per heavy atom. The number of carboxylic acid groups (broad SMARTS) is 1. The molecule has 0 saturated carbocycles. The highest BCUT2D eigenvalue weighted by molar-refractivity contribution is 5.94. The number of benzene rings is 1. The fraction of sp³-hybridized carbons (Fsp3) is 0.579. The Balaban J connectivity index is 1.89. The normalized spacial score (nSPS) is 17.2. The van der Waals surface area contributed by atoms with E-state index in [2.05, 4.69) is 22.2 Å². The monoisotopic (exact) mass is 347 g/mol. The second-order valence-electron chi connectivity index (χ2n) is 6.83. The lowest BCUT2D eigenvalue weighted by Gasteiger charge is -2.32. The van der Waals surface area contributed by atoms with Gasteiger partial charge in [-0.1, -0.05) is 25.5 Å². The first-order valence-electron chi connectivity index (χ1n) is 9.00. The fourth-order valence-electron chi connectivity index (χ4n) is 3.08. The molecule has 0 unspecified atom stereocenters. The van der Waals surface area contributed by atoms with Crippen molar-refractivity contribution in [3.8, 4) is 0 Å². The van der Waals surface area contributed by atoms with E-state index in [0.717, 1.165) is 39.1 Å². The maximum absolute atomic E-state index is 12.3. The number of nitrogens with one attached hydrogen (secondary N) is 1. The number of aliphatic carboxylic acids is 1. The van der Waals surface area contributed by atoms with Gasteiger partial charge in [-0.25, -0.2) is 0 Å². The summed E-state index contributed by atoms with van der Waals surface area (Å²) in [4.78, 5) is 28.0. The molecule has 0 spiro atoms. The Labute approximate surface area is 149 Å². The average Bonchev–Trinajstić information content (AvgIpc) is 2.57. The number of rotatable bonds is 8. The van der Waals surface area contributed by atoms with Gasteiger partial charge in [0.25, 0.3) is 5.91 Å². The first-order valence-corrected chi connectivity index (χ1v) is 9.00. The van der Waals surface area contributed by atoms with Gasteiger partial charge in [-0.15, -0.1) is 0 Å². The van der Waals surface area contributed by atoms with Gasteiger partial charge >= 0.3 is 5.97 Å². The SMILES string of the molecule is CCC[C@@H](CC(=O)O)NC(=O)c1ccc(CN2CCN(C)CC2)cc1. The second-order valence-corrected chi connectivity index (χ2v) is 6.83. The van der Waals surface area contributed by atoms with Crippen LogP contribution < -0.4 is 5.32 Å². The number of hydrogen-bond donors (Lipinski definition) is 2. The van der Waals surface area contributed by atoms with Crippen LogP contribution in [0.5, 0.6) is 0 Å². The van der Waals surface area contributed by atoms with E-state index in [1.807, 2.05) is 31.2 Å². The molecule has 1 atom stereocenters. The van der Waals surface area contributed by atoms with Gasteiger partial charge in [0.2, 0.25) is 0 Å². The molecule has 2 N–H and O–H groups in total. The van der Waals surface area contributed by atoms with E-state index in [-0.39, 0.29) is 18.4 Å². The fourth-order valence-corrected chi connectivity index (χ4v) is 3.08. The lowest BCUT2D eigenvalue weighted by atomic mass is 10.1. The smallest absolute Gasteiger partial charge is 0.305 e. The molecule has 138 valence electrons. The molecule has 6 heteroatoms. The zero-order chi connectivity index (χ0) is 18.2. The van der Waals surface area contributed by atoms with Crippen molar-refractivity contribution in [3.05, 3.63) is 35.4 Å². The third kappa shape index (κ3) is 6.48. The van der Waals surface area contributed by atoms with Crippen LogP contribution in [0.1, 0.15) is 42.1 Å². The molecule has 1 fully saturated rings. The minimum Gasteiger partial charge on any atom is -0.481 e. The van der Waals surface area contributed by atoms with Gasteiger partial charge in [0, 0.05) is 44.3 Å². The summed E-state index contributed by atoms with van der Waals surface area (Å²) in [6.45, 7) is 7.17. The van der Waals surface area contributed by atoms with Crippen molar-refractivity contribution >= 4 is 11.9 Å². The molecule has 6 nitrogen and oxygen atoms in total. The quantitative estimate of drug-likeness (QED) is 0.750. The van der Waals surface area contributed by atoms with E-state index in [1.165, 1.54) is 5.56 Å². The molecule has 25 heavy (non-hydrogen) atoms. The number of nitrogens with zero attached hydrogens (tertiary/aromatic N) is 2. The molecular formula is C19H29N3O3. The van der Waals surface area contributed by atoms with Gasteiger partial charge in [0.1, 0.15) is 0 Å². The number of carbonyl (C=O) groups is 2. The van der Waals surface area contributed by atoms with E-state index >= 15 is 0 Å². The Morgan fingerprint density at radius 2 is 1.80 bits per heavy atom. The van der Waals surface area contributed by atoms with Crippen LogP contribution in [-0.4, -0.2) is 66.1 Å². The molecule has 2 rings (SSSR count). The molecule has 0 aliphatic carbocycles. The maximum Gasteiger partial charge on any atom is 0.305 e. The van der Waals surface area contributed by atoms with Gasteiger partial charge in [0.05, 0.1) is 6.42 Å². The molecule has 1 heterocycles. The topological polar surface area (TPSA) is 72.9 Å². The summed E-state index contributed by atoms with van der Waals surface area (Å²) in [6.07, 6.45) is 1.46. The van der Waals surface area contributed by atoms with E-state index in [0.29, 0.717) is 12.0 Å². The number of carboxylic acids is 1. The number of amides is 1. The molecular weight excluding hydrogens is 318 g/mol. The van der Waals surface area contributed by atoms with Crippen LogP contribution in [0.25, 0.3) is 0 Å². The lowest BCUT2D eigenvalue weighted by Crippen LogP contribution is -2.43. The minimum atomic E-state index is -0.888. The van der Waals surface area contributed by atoms with Crippen LogP contribution >= 0.6 is 0 Å². The Morgan fingerprint density at radius 1 is 1.16 bits per heavy atom. The lowest BCUT2D eigenvalue weighted by molar-refractivity contribution is -0.137. The molecule has 1 saturated heterocycles. The van der Waals surface area contributed by atoms with Crippen molar-refractivity contribution in [2.75, 3.05) is 33.2 Å². The number of hydrogen-bond acceptors (Lipinski definition) is 4. The van der Waals surface area contributed by atoms with E-state index < -0.39 is 5.97 Å². The molecule has 1 aliphatic rings. The third-order valence-electron chi connectivity index (χ3n) is 4.61. The van der Waals surface area contributed by atoms with Gasteiger partial charge in [-0.05, 0) is 31.2 Å². The second kappa shape index (κ2) is 9.53. The maximum atomic E-state index is 12.3. The van der Waals surface area contributed by atoms with Crippen LogP contribution in [0, 0.1) is 0 Å². The summed E-state index contributed by atoms with van der Waals surface area (Å²) in [6, 6.07) is 7.30. The van der Waals surface area contributed by atoms with Crippen molar-refractivity contribution in [1.29, 1.82) is 0 Å². The van der Waals surface area contributed by atoms with E-state index in [9.17, 15) is 9.59 Å². The van der Waals surface area contributed by atoms with E-state index in [1.54, 1.807) is 0 Å². The van der Waals surface area contributed by atoms with Crippen LogP contribution in [-0.2, 0) is 11.3 Å². The van der Waals surface area contributed by atoms with Crippen molar-refractivity contribution in [3.63, 3.8) is 0 Å². The summed E-state index contributed by atoms with van der Waals surface area (Å²) in [7, 11) is 2.14. The largest absolute Gasteiger partial charge is 0.481 e. The predicted octanol–water partition coefficient (Wildman–Crippen LogP) is 1.81. The molecule has 0 aromatic heterocycles. The van der Waals surface area contributed by atoms with Crippen molar-refractivity contribution in [1.82, 2.24) is 15.1 Å². The highest BCUT2D eigenvalue weighted by atomic mass is 16.4. The zero-order valence-electron chi connectivity index (χ0n) is 15.2. The van der Waals surface area contributed by atoms with E-state index in [4.69, 9.17) is 5.11 Å². The van der Waals surface area contributed by atoms with Gasteiger partial charge in [-0.2, -0.15) is 0 Å². The van der Waals surface area contributed by atoms with Gasteiger partial charge in [-0.3, -0.25) is 14.5 Å². The standard InChI is InChI=1S/C19H29N3O3/c1-3-4-17(13-18(23)24)20-19(25)16-7-5-15(6-8-16)14-22-11-9-21(2)10-12-22/h5-8,17H,3-4,9-14H2,1-2H3,(H,20,25)(H,23,24)/t17-/m0/s1.